The molecule has 3 heterocycles. The summed E-state index contributed by atoms with van der Waals surface area (Å²) in [6.45, 7) is 0.758. The number of rotatable bonds is 3. The summed E-state index contributed by atoms with van der Waals surface area (Å²) in [5.74, 6) is -0.103. The molecule has 1 aliphatic heterocycles. The zero-order valence-corrected chi connectivity index (χ0v) is 18.6. The zero-order valence-electron chi connectivity index (χ0n) is 18.6. The molecule has 3 aromatic carbocycles. The number of hydrogen-bond acceptors (Lipinski definition) is 2. The van der Waals surface area contributed by atoms with Crippen LogP contribution in [0.1, 0.15) is 29.0 Å². The fraction of sp³-hybridized carbons (Fsp3) is 0.185. The molecule has 6 heteroatoms. The Balaban J connectivity index is 1.56. The lowest BCUT2D eigenvalue weighted by molar-refractivity contribution is -0.116. The van der Waals surface area contributed by atoms with Crippen molar-refractivity contribution in [1.29, 1.82) is 0 Å². The van der Waals surface area contributed by atoms with Crippen molar-refractivity contribution < 1.29 is 4.79 Å². The molecule has 164 valence electrons. The molecule has 1 N–H and O–H groups in total. The zero-order chi connectivity index (χ0) is 22.7. The topological polar surface area (TPSA) is 61.0 Å². The molecule has 0 spiro atoms. The Kier molecular flexibility index (Phi) is 4.30. The average Bonchev–Trinajstić information content (AvgIpc) is 3.23. The number of imidazole rings is 1. The minimum absolute atomic E-state index is 0.000330. The maximum atomic E-state index is 12.9. The van der Waals surface area contributed by atoms with Crippen LogP contribution in [0.4, 0.5) is 5.69 Å². The van der Waals surface area contributed by atoms with E-state index in [1.54, 1.807) is 23.2 Å². The summed E-state index contributed by atoms with van der Waals surface area (Å²) < 4.78 is 5.59. The second-order valence-corrected chi connectivity index (χ2v) is 8.85. The molecule has 0 saturated carbocycles. The van der Waals surface area contributed by atoms with Gasteiger partial charge in [-0.2, -0.15) is 0 Å². The van der Waals surface area contributed by atoms with Crippen molar-refractivity contribution in [3.05, 3.63) is 100 Å². The lowest BCUT2D eigenvalue weighted by atomic mass is 9.88. The van der Waals surface area contributed by atoms with Crippen molar-refractivity contribution in [3.63, 3.8) is 0 Å². The van der Waals surface area contributed by atoms with Crippen LogP contribution >= 0.6 is 0 Å². The number of fused-ring (bicyclic) bond motifs is 1. The van der Waals surface area contributed by atoms with E-state index in [-0.39, 0.29) is 17.5 Å². The van der Waals surface area contributed by atoms with Gasteiger partial charge in [-0.3, -0.25) is 13.9 Å². The van der Waals surface area contributed by atoms with Gasteiger partial charge in [-0.05, 0) is 41.0 Å². The van der Waals surface area contributed by atoms with Gasteiger partial charge < -0.3 is 9.88 Å². The van der Waals surface area contributed by atoms with Crippen molar-refractivity contribution in [2.24, 2.45) is 14.1 Å². The van der Waals surface area contributed by atoms with Gasteiger partial charge in [-0.25, -0.2) is 4.79 Å². The van der Waals surface area contributed by atoms with Gasteiger partial charge in [-0.15, -0.1) is 0 Å². The molecule has 6 rings (SSSR count). The highest BCUT2D eigenvalue weighted by atomic mass is 16.2. The Hall–Kier alpha value is -4.06. The van der Waals surface area contributed by atoms with Crippen LogP contribution in [0.3, 0.4) is 0 Å². The fourth-order valence-electron chi connectivity index (χ4n) is 5.20. The van der Waals surface area contributed by atoms with Crippen LogP contribution in [0.5, 0.6) is 0 Å². The maximum Gasteiger partial charge on any atom is 0.328 e. The molecule has 5 aromatic rings. The first-order chi connectivity index (χ1) is 16.0. The van der Waals surface area contributed by atoms with Gasteiger partial charge >= 0.3 is 5.69 Å². The first-order valence-corrected chi connectivity index (χ1v) is 11.1. The van der Waals surface area contributed by atoms with Crippen LogP contribution < -0.4 is 11.0 Å². The standard InChI is InChI=1S/C27H24N4O2/c1-29-22-12-11-18(13-24(22)30(2)27(29)33)19-14-25(32)28-21-9-6-10-23-26(21)20(19)16-31(23)15-17-7-4-3-5-8-17/h3-13,16,19H,14-15H2,1-2H3,(H,28,32)/t19-/m1/s1. The van der Waals surface area contributed by atoms with Crippen LogP contribution in [0.2, 0.25) is 0 Å². The second kappa shape index (κ2) is 7.24. The molecule has 1 aliphatic rings. The predicted molar refractivity (Wildman–Crippen MR) is 131 cm³/mol. The molecule has 2 aromatic heterocycles. The minimum Gasteiger partial charge on any atom is -0.343 e. The van der Waals surface area contributed by atoms with Crippen LogP contribution in [0.15, 0.2) is 77.7 Å². The van der Waals surface area contributed by atoms with E-state index >= 15 is 0 Å². The number of carbonyl (C=O) groups excluding carboxylic acids is 1. The van der Waals surface area contributed by atoms with Crippen molar-refractivity contribution >= 4 is 33.5 Å². The number of carbonyl (C=O) groups is 1. The van der Waals surface area contributed by atoms with Gasteiger partial charge in [0, 0.05) is 44.6 Å². The molecule has 0 aliphatic carbocycles. The van der Waals surface area contributed by atoms with E-state index < -0.39 is 0 Å². The van der Waals surface area contributed by atoms with Gasteiger partial charge in [0.1, 0.15) is 0 Å². The third-order valence-corrected chi connectivity index (χ3v) is 6.87. The SMILES string of the molecule is Cn1c(=O)n(C)c2cc([C@H]3CC(=O)Nc4cccc5c4c3cn5Cc3ccccc3)ccc21. The Morgan fingerprint density at radius 2 is 1.67 bits per heavy atom. The van der Waals surface area contributed by atoms with Crippen LogP contribution in [-0.2, 0) is 25.4 Å². The van der Waals surface area contributed by atoms with E-state index in [1.165, 1.54) is 5.56 Å². The second-order valence-electron chi connectivity index (χ2n) is 8.85. The largest absolute Gasteiger partial charge is 0.343 e. The van der Waals surface area contributed by atoms with E-state index in [2.05, 4.69) is 52.5 Å². The van der Waals surface area contributed by atoms with Crippen LogP contribution in [0.25, 0.3) is 21.9 Å². The minimum atomic E-state index is -0.104. The summed E-state index contributed by atoms with van der Waals surface area (Å²) in [6.07, 6.45) is 2.55. The molecule has 1 atom stereocenters. The molecule has 1 amide bonds. The Morgan fingerprint density at radius 3 is 2.48 bits per heavy atom. The predicted octanol–water partition coefficient (Wildman–Crippen LogP) is 4.35. The Morgan fingerprint density at radius 1 is 0.879 bits per heavy atom. The molecule has 0 saturated heterocycles. The van der Waals surface area contributed by atoms with E-state index in [0.29, 0.717) is 6.42 Å². The third-order valence-electron chi connectivity index (χ3n) is 6.87. The average molecular weight is 437 g/mol. The van der Waals surface area contributed by atoms with Crippen molar-refractivity contribution in [1.82, 2.24) is 13.7 Å². The summed E-state index contributed by atoms with van der Waals surface area (Å²) in [6, 6.07) is 22.6. The van der Waals surface area contributed by atoms with Gasteiger partial charge in [0.15, 0.2) is 0 Å². The third kappa shape index (κ3) is 3.02. The van der Waals surface area contributed by atoms with E-state index in [1.807, 2.05) is 30.3 Å². The van der Waals surface area contributed by atoms with Crippen LogP contribution in [-0.4, -0.2) is 19.6 Å². The fourth-order valence-corrected chi connectivity index (χ4v) is 5.20. The quantitative estimate of drug-likeness (QED) is 0.457. The summed E-state index contributed by atoms with van der Waals surface area (Å²) in [5, 5.41) is 4.20. The lowest BCUT2D eigenvalue weighted by Crippen LogP contribution is -2.19. The van der Waals surface area contributed by atoms with Crippen molar-refractivity contribution in [2.45, 2.75) is 18.9 Å². The molecule has 33 heavy (non-hydrogen) atoms. The normalized spacial score (nSPS) is 15.7. The highest BCUT2D eigenvalue weighted by Gasteiger charge is 2.28. The Labute approximate surface area is 190 Å². The van der Waals surface area contributed by atoms with E-state index in [0.717, 1.165) is 45.3 Å². The first kappa shape index (κ1) is 19.6. The van der Waals surface area contributed by atoms with Gasteiger partial charge in [-0.1, -0.05) is 42.5 Å². The number of anilines is 1. The molecule has 6 nitrogen and oxygen atoms in total. The van der Waals surface area contributed by atoms with Gasteiger partial charge in [0.05, 0.1) is 22.2 Å². The Bertz CT molecular complexity index is 1600. The summed E-state index contributed by atoms with van der Waals surface area (Å²) in [4.78, 5) is 25.3. The number of nitrogens with one attached hydrogen (secondary N) is 1. The first-order valence-electron chi connectivity index (χ1n) is 11.1. The van der Waals surface area contributed by atoms with E-state index in [4.69, 9.17) is 0 Å². The molecule has 0 unspecified atom stereocenters. The molecule has 0 bridgehead atoms. The van der Waals surface area contributed by atoms with Crippen molar-refractivity contribution in [2.75, 3.05) is 5.32 Å². The van der Waals surface area contributed by atoms with Crippen molar-refractivity contribution in [3.8, 4) is 0 Å². The molecular weight excluding hydrogens is 412 g/mol. The van der Waals surface area contributed by atoms with Crippen LogP contribution in [0, 0.1) is 0 Å². The summed E-state index contributed by atoms with van der Waals surface area (Å²) >= 11 is 0. The number of aryl methyl sites for hydroxylation is 2. The van der Waals surface area contributed by atoms with Gasteiger partial charge in [0.25, 0.3) is 0 Å². The number of nitrogens with zero attached hydrogens (tertiary/aromatic N) is 3. The number of aromatic nitrogens is 3. The molecular formula is C27H24N4O2. The highest BCUT2D eigenvalue weighted by Crippen LogP contribution is 2.41. The van der Waals surface area contributed by atoms with E-state index in [9.17, 15) is 9.59 Å². The monoisotopic (exact) mass is 436 g/mol. The number of hydrogen-bond donors (Lipinski definition) is 1. The van der Waals surface area contributed by atoms with Gasteiger partial charge in [0.2, 0.25) is 5.91 Å². The maximum absolute atomic E-state index is 12.9. The summed E-state index contributed by atoms with van der Waals surface area (Å²) in [7, 11) is 3.57. The number of amides is 1. The molecule has 0 radical (unpaired) electrons. The molecule has 0 fully saturated rings. The smallest absolute Gasteiger partial charge is 0.328 e. The number of benzene rings is 3. The highest BCUT2D eigenvalue weighted by molar-refractivity contribution is 6.06. The lowest BCUT2D eigenvalue weighted by Gasteiger charge is -2.15. The summed E-state index contributed by atoms with van der Waals surface area (Å²) in [5.41, 5.74) is 7.06.